The summed E-state index contributed by atoms with van der Waals surface area (Å²) in [7, 11) is 0. The highest BCUT2D eigenvalue weighted by Gasteiger charge is 2.19. The zero-order chi connectivity index (χ0) is 19.6. The van der Waals surface area contributed by atoms with Gasteiger partial charge in [0.2, 0.25) is 0 Å². The van der Waals surface area contributed by atoms with Crippen molar-refractivity contribution in [2.75, 3.05) is 0 Å². The van der Waals surface area contributed by atoms with Crippen LogP contribution < -0.4 is 5.73 Å². The molecule has 0 saturated heterocycles. The Balaban J connectivity index is 2.37. The zero-order valence-corrected chi connectivity index (χ0v) is 15.9. The van der Waals surface area contributed by atoms with E-state index in [1.807, 2.05) is 0 Å². The van der Waals surface area contributed by atoms with E-state index < -0.39 is 17.8 Å². The van der Waals surface area contributed by atoms with E-state index in [-0.39, 0.29) is 30.1 Å². The predicted octanol–water partition coefficient (Wildman–Crippen LogP) is 4.51. The molecule has 2 aromatic carbocycles. The van der Waals surface area contributed by atoms with Crippen LogP contribution in [0.2, 0.25) is 10.0 Å². The second kappa shape index (κ2) is 8.25. The minimum atomic E-state index is -1.12. The van der Waals surface area contributed by atoms with Crippen molar-refractivity contribution >= 4 is 29.2 Å². The standard InChI is InChI=1S/C19H20Cl2FNO3/c1-9(2)17-16(24)4-3-11(18(17)22)8-12-13(20)5-10(6-14(12)21)7-15(23)19(25)26/h3-6,9,15,24H,7-8,23H2,1-2H3,(H,25,26). The number of nitrogens with two attached hydrogens (primary N) is 1. The van der Waals surface area contributed by atoms with E-state index in [0.717, 1.165) is 0 Å². The quantitative estimate of drug-likeness (QED) is 0.667. The smallest absolute Gasteiger partial charge is 0.320 e. The molecule has 2 aromatic rings. The Bertz CT molecular complexity index is 817. The molecule has 0 fully saturated rings. The van der Waals surface area contributed by atoms with Gasteiger partial charge in [-0.1, -0.05) is 43.1 Å². The molecule has 26 heavy (non-hydrogen) atoms. The number of rotatable bonds is 6. The molecule has 1 unspecified atom stereocenters. The summed E-state index contributed by atoms with van der Waals surface area (Å²) in [4.78, 5) is 10.9. The van der Waals surface area contributed by atoms with Gasteiger partial charge in [-0.2, -0.15) is 0 Å². The van der Waals surface area contributed by atoms with Crippen molar-refractivity contribution < 1.29 is 19.4 Å². The summed E-state index contributed by atoms with van der Waals surface area (Å²) in [5, 5.41) is 19.4. The predicted molar refractivity (Wildman–Crippen MR) is 101 cm³/mol. The maximum absolute atomic E-state index is 14.7. The van der Waals surface area contributed by atoms with Gasteiger partial charge in [-0.15, -0.1) is 0 Å². The molecule has 0 saturated carbocycles. The second-order valence-corrected chi connectivity index (χ2v) is 7.30. The number of hydrogen-bond acceptors (Lipinski definition) is 3. The summed E-state index contributed by atoms with van der Waals surface area (Å²) in [5.74, 6) is -1.87. The fraction of sp³-hybridized carbons (Fsp3) is 0.316. The van der Waals surface area contributed by atoms with Gasteiger partial charge in [0, 0.05) is 22.0 Å². The number of carbonyl (C=O) groups is 1. The van der Waals surface area contributed by atoms with Gasteiger partial charge in [-0.25, -0.2) is 4.39 Å². The van der Waals surface area contributed by atoms with Crippen molar-refractivity contribution in [3.05, 3.63) is 62.4 Å². The van der Waals surface area contributed by atoms with Gasteiger partial charge in [-0.05, 0) is 47.2 Å². The van der Waals surface area contributed by atoms with E-state index >= 15 is 0 Å². The van der Waals surface area contributed by atoms with Crippen LogP contribution in [0.4, 0.5) is 4.39 Å². The van der Waals surface area contributed by atoms with E-state index in [1.54, 1.807) is 26.0 Å². The van der Waals surface area contributed by atoms with Crippen molar-refractivity contribution in [3.8, 4) is 5.75 Å². The maximum atomic E-state index is 14.7. The molecule has 4 N–H and O–H groups in total. The van der Waals surface area contributed by atoms with Gasteiger partial charge in [0.1, 0.15) is 17.6 Å². The fourth-order valence-electron chi connectivity index (χ4n) is 2.79. The maximum Gasteiger partial charge on any atom is 0.320 e. The molecule has 0 aromatic heterocycles. The van der Waals surface area contributed by atoms with E-state index in [1.165, 1.54) is 12.1 Å². The van der Waals surface area contributed by atoms with Gasteiger partial charge in [0.25, 0.3) is 0 Å². The third-order valence-corrected chi connectivity index (χ3v) is 4.83. The lowest BCUT2D eigenvalue weighted by molar-refractivity contribution is -0.138. The molecule has 0 aliphatic rings. The molecule has 0 heterocycles. The van der Waals surface area contributed by atoms with E-state index in [0.29, 0.717) is 26.7 Å². The summed E-state index contributed by atoms with van der Waals surface area (Å²) in [6.45, 7) is 3.59. The van der Waals surface area contributed by atoms with Crippen LogP contribution in [0.1, 0.15) is 42.0 Å². The Labute approximate surface area is 161 Å². The van der Waals surface area contributed by atoms with Gasteiger partial charge >= 0.3 is 5.97 Å². The lowest BCUT2D eigenvalue weighted by Crippen LogP contribution is -2.32. The minimum Gasteiger partial charge on any atom is -0.508 e. The van der Waals surface area contributed by atoms with Crippen LogP contribution in [0.5, 0.6) is 5.75 Å². The van der Waals surface area contributed by atoms with Gasteiger partial charge in [0.15, 0.2) is 0 Å². The number of aromatic hydroxyl groups is 1. The number of benzene rings is 2. The Morgan fingerprint density at radius 1 is 1.23 bits per heavy atom. The molecule has 0 spiro atoms. The summed E-state index contributed by atoms with van der Waals surface area (Å²) in [6, 6.07) is 5.07. The highest BCUT2D eigenvalue weighted by Crippen LogP contribution is 2.34. The fourth-order valence-corrected chi connectivity index (χ4v) is 3.45. The van der Waals surface area contributed by atoms with E-state index in [9.17, 15) is 14.3 Å². The van der Waals surface area contributed by atoms with Crippen LogP contribution in [0.25, 0.3) is 0 Å². The van der Waals surface area contributed by atoms with Crippen molar-refractivity contribution in [2.45, 2.75) is 38.6 Å². The third-order valence-electron chi connectivity index (χ3n) is 4.15. The second-order valence-electron chi connectivity index (χ2n) is 6.49. The highest BCUT2D eigenvalue weighted by atomic mass is 35.5. The van der Waals surface area contributed by atoms with E-state index in [4.69, 9.17) is 34.0 Å². The summed E-state index contributed by atoms with van der Waals surface area (Å²) in [6.07, 6.45) is 0.231. The number of aliphatic carboxylic acids is 1. The normalized spacial score (nSPS) is 12.4. The van der Waals surface area contributed by atoms with Gasteiger partial charge in [-0.3, -0.25) is 4.79 Å². The number of phenolic OH excluding ortho intramolecular Hbond substituents is 1. The van der Waals surface area contributed by atoms with Crippen LogP contribution in [0, 0.1) is 5.82 Å². The monoisotopic (exact) mass is 399 g/mol. The highest BCUT2D eigenvalue weighted by molar-refractivity contribution is 6.36. The molecule has 7 heteroatoms. The largest absolute Gasteiger partial charge is 0.508 e. The van der Waals surface area contributed by atoms with Crippen molar-refractivity contribution in [1.82, 2.24) is 0 Å². The molecule has 2 rings (SSSR count). The topological polar surface area (TPSA) is 83.5 Å². The van der Waals surface area contributed by atoms with Crippen LogP contribution in [-0.2, 0) is 17.6 Å². The molecule has 0 aliphatic heterocycles. The average Bonchev–Trinajstić information content (AvgIpc) is 2.52. The van der Waals surface area contributed by atoms with Crippen LogP contribution >= 0.6 is 23.2 Å². The summed E-state index contributed by atoms with van der Waals surface area (Å²) in [5.41, 5.74) is 7.26. The van der Waals surface area contributed by atoms with Crippen LogP contribution in [0.15, 0.2) is 24.3 Å². The Hall–Kier alpha value is -1.82. The molecular weight excluding hydrogens is 380 g/mol. The van der Waals surface area contributed by atoms with Crippen molar-refractivity contribution in [1.29, 1.82) is 0 Å². The van der Waals surface area contributed by atoms with Crippen molar-refractivity contribution in [2.24, 2.45) is 5.73 Å². The number of carboxylic acids is 1. The molecule has 1 atom stereocenters. The first-order valence-electron chi connectivity index (χ1n) is 8.07. The van der Waals surface area contributed by atoms with Gasteiger partial charge < -0.3 is 15.9 Å². The molecule has 0 aliphatic carbocycles. The van der Waals surface area contributed by atoms with Crippen LogP contribution in [0.3, 0.4) is 0 Å². The number of halogens is 3. The molecule has 0 bridgehead atoms. The Morgan fingerprint density at radius 3 is 2.31 bits per heavy atom. The summed E-state index contributed by atoms with van der Waals surface area (Å²) >= 11 is 12.6. The zero-order valence-electron chi connectivity index (χ0n) is 14.4. The molecule has 0 radical (unpaired) electrons. The van der Waals surface area contributed by atoms with Gasteiger partial charge in [0.05, 0.1) is 0 Å². The number of phenols is 1. The lowest BCUT2D eigenvalue weighted by atomic mass is 9.94. The SMILES string of the molecule is CC(C)c1c(O)ccc(Cc2c(Cl)cc(CC(N)C(=O)O)cc2Cl)c1F. The third kappa shape index (κ3) is 4.47. The molecule has 0 amide bonds. The minimum absolute atomic E-state index is 0.0835. The average molecular weight is 400 g/mol. The van der Waals surface area contributed by atoms with E-state index in [2.05, 4.69) is 0 Å². The number of hydrogen-bond donors (Lipinski definition) is 3. The lowest BCUT2D eigenvalue weighted by Gasteiger charge is -2.15. The Kier molecular flexibility index (Phi) is 6.50. The first kappa shape index (κ1) is 20.5. The Morgan fingerprint density at radius 2 is 1.81 bits per heavy atom. The first-order chi connectivity index (χ1) is 12.1. The first-order valence-corrected chi connectivity index (χ1v) is 8.82. The molecule has 4 nitrogen and oxygen atoms in total. The molecule has 140 valence electrons. The van der Waals surface area contributed by atoms with Crippen molar-refractivity contribution in [3.63, 3.8) is 0 Å². The molecular formula is C19H20Cl2FNO3. The summed E-state index contributed by atoms with van der Waals surface area (Å²) < 4.78 is 14.7. The van der Waals surface area contributed by atoms with Crippen LogP contribution in [-0.4, -0.2) is 22.2 Å². The number of carboxylic acid groups (broad SMARTS) is 1.